The van der Waals surface area contributed by atoms with Crippen LogP contribution < -0.4 is 0 Å². The Morgan fingerprint density at radius 1 is 1.00 bits per heavy atom. The third-order valence-corrected chi connectivity index (χ3v) is 6.13. The summed E-state index contributed by atoms with van der Waals surface area (Å²) in [4.78, 5) is 31.0. The van der Waals surface area contributed by atoms with Crippen LogP contribution in [0.1, 0.15) is 22.7 Å². The molecule has 2 atom stereocenters. The van der Waals surface area contributed by atoms with Gasteiger partial charge in [-0.05, 0) is 35.4 Å². The first kappa shape index (κ1) is 19.8. The highest BCUT2D eigenvalue weighted by atomic mass is 16.5. The molecule has 3 aromatic rings. The first-order valence-electron chi connectivity index (χ1n) is 10.6. The van der Waals surface area contributed by atoms with Crippen LogP contribution in [0, 0.1) is 0 Å². The lowest BCUT2D eigenvalue weighted by atomic mass is 9.83. The highest BCUT2D eigenvalue weighted by molar-refractivity contribution is 5.88. The average Bonchev–Trinajstić information content (AvgIpc) is 3.17. The summed E-state index contributed by atoms with van der Waals surface area (Å²) in [5.41, 5.74) is 2.12. The highest BCUT2D eigenvalue weighted by Crippen LogP contribution is 2.42. The third-order valence-electron chi connectivity index (χ3n) is 6.13. The molecule has 158 valence electrons. The largest absolute Gasteiger partial charge is 0.361 e. The van der Waals surface area contributed by atoms with E-state index < -0.39 is 5.60 Å². The molecule has 0 radical (unpaired) electrons. The predicted octanol–water partition coefficient (Wildman–Crippen LogP) is 2.27. The van der Waals surface area contributed by atoms with Crippen LogP contribution >= 0.6 is 0 Å². The summed E-state index contributed by atoms with van der Waals surface area (Å²) in [6, 6.07) is 13.8. The van der Waals surface area contributed by atoms with Crippen LogP contribution in [0.25, 0.3) is 0 Å². The normalized spacial score (nSPS) is 24.1. The summed E-state index contributed by atoms with van der Waals surface area (Å²) < 4.78 is 6.34. The van der Waals surface area contributed by atoms with Gasteiger partial charge in [0, 0.05) is 69.6 Å². The van der Waals surface area contributed by atoms with Crippen molar-refractivity contribution < 1.29 is 9.53 Å². The molecule has 3 aromatic heterocycles. The Hall–Kier alpha value is -3.16. The van der Waals surface area contributed by atoms with Gasteiger partial charge in [0.15, 0.2) is 5.60 Å². The van der Waals surface area contributed by atoms with Crippen molar-refractivity contribution in [1.82, 2.24) is 24.8 Å². The van der Waals surface area contributed by atoms with Gasteiger partial charge in [0.25, 0.3) is 5.91 Å². The zero-order valence-corrected chi connectivity index (χ0v) is 17.3. The molecule has 2 aliphatic rings. The number of pyridine rings is 3. The van der Waals surface area contributed by atoms with Crippen LogP contribution in [0.15, 0.2) is 73.4 Å². The van der Waals surface area contributed by atoms with Gasteiger partial charge < -0.3 is 9.64 Å². The zero-order valence-electron chi connectivity index (χ0n) is 17.3. The maximum absolute atomic E-state index is 13.9. The molecule has 0 bridgehead atoms. The molecule has 7 heteroatoms. The summed E-state index contributed by atoms with van der Waals surface area (Å²) in [6.07, 6.45) is 8.98. The number of likely N-dealkylation sites (tertiary alicyclic amines) is 1. The van der Waals surface area contributed by atoms with E-state index in [0.29, 0.717) is 32.8 Å². The van der Waals surface area contributed by atoms with E-state index >= 15 is 0 Å². The van der Waals surface area contributed by atoms with Crippen molar-refractivity contribution in [2.45, 2.75) is 24.6 Å². The van der Waals surface area contributed by atoms with E-state index in [0.717, 1.165) is 23.4 Å². The molecule has 0 aliphatic carbocycles. The Morgan fingerprint density at radius 3 is 2.61 bits per heavy atom. The van der Waals surface area contributed by atoms with Crippen LogP contribution in [0.3, 0.4) is 0 Å². The quantitative estimate of drug-likeness (QED) is 0.637. The first-order chi connectivity index (χ1) is 15.2. The molecule has 0 aromatic carbocycles. The number of aromatic nitrogens is 3. The van der Waals surface area contributed by atoms with Crippen molar-refractivity contribution in [2.75, 3.05) is 26.2 Å². The molecule has 1 amide bonds. The fraction of sp³-hybridized carbons (Fsp3) is 0.333. The summed E-state index contributed by atoms with van der Waals surface area (Å²) in [7, 11) is 0. The van der Waals surface area contributed by atoms with Gasteiger partial charge >= 0.3 is 0 Å². The number of nitrogens with zero attached hydrogens (tertiary/aromatic N) is 5. The number of hydrogen-bond acceptors (Lipinski definition) is 6. The van der Waals surface area contributed by atoms with Crippen molar-refractivity contribution in [3.05, 3.63) is 90.3 Å². The van der Waals surface area contributed by atoms with Gasteiger partial charge in [-0.25, -0.2) is 0 Å². The molecule has 7 nitrogen and oxygen atoms in total. The number of amides is 1. The number of hydrogen-bond donors (Lipinski definition) is 0. The van der Waals surface area contributed by atoms with Gasteiger partial charge in [-0.15, -0.1) is 0 Å². The standard InChI is InChI=1S/C24H25N5O2/c30-23-24(31-12-11-29(23)15-19-5-3-8-25-13-19)18-28(16-21-7-1-2-10-27-21)17-22(24)20-6-4-9-26-14-20/h1-10,13-14,22H,11-12,15-18H2/t22-,24+/m1/s1. The van der Waals surface area contributed by atoms with Crippen molar-refractivity contribution in [3.63, 3.8) is 0 Å². The topological polar surface area (TPSA) is 71.5 Å². The summed E-state index contributed by atoms with van der Waals surface area (Å²) in [5, 5.41) is 0. The van der Waals surface area contributed by atoms with Crippen molar-refractivity contribution >= 4 is 5.91 Å². The maximum atomic E-state index is 13.9. The lowest BCUT2D eigenvalue weighted by molar-refractivity contribution is -0.173. The second-order valence-corrected chi connectivity index (χ2v) is 8.16. The molecule has 5 heterocycles. The van der Waals surface area contributed by atoms with Gasteiger partial charge in [-0.3, -0.25) is 24.6 Å². The molecular formula is C24H25N5O2. The minimum absolute atomic E-state index is 0.0416. The Labute approximate surface area is 181 Å². The molecule has 2 saturated heterocycles. The Kier molecular flexibility index (Phi) is 5.44. The lowest BCUT2D eigenvalue weighted by Crippen LogP contribution is -2.59. The van der Waals surface area contributed by atoms with Gasteiger partial charge in [0.2, 0.25) is 0 Å². The minimum atomic E-state index is -0.918. The smallest absolute Gasteiger partial charge is 0.257 e. The van der Waals surface area contributed by atoms with Crippen LogP contribution in [0.5, 0.6) is 0 Å². The molecule has 0 unspecified atom stereocenters. The number of morpholine rings is 1. The van der Waals surface area contributed by atoms with E-state index in [1.165, 1.54) is 0 Å². The summed E-state index contributed by atoms with van der Waals surface area (Å²) in [5.74, 6) is -0.0471. The van der Waals surface area contributed by atoms with Crippen molar-refractivity contribution in [2.24, 2.45) is 0 Å². The predicted molar refractivity (Wildman–Crippen MR) is 115 cm³/mol. The Balaban J connectivity index is 1.45. The van der Waals surface area contributed by atoms with Gasteiger partial charge in [-0.1, -0.05) is 18.2 Å². The maximum Gasteiger partial charge on any atom is 0.257 e. The van der Waals surface area contributed by atoms with Gasteiger partial charge in [0.1, 0.15) is 0 Å². The number of carbonyl (C=O) groups excluding carboxylic acids is 1. The van der Waals surface area contributed by atoms with Gasteiger partial charge in [0.05, 0.1) is 12.3 Å². The first-order valence-corrected chi connectivity index (χ1v) is 10.6. The number of carbonyl (C=O) groups is 1. The van der Waals surface area contributed by atoms with Crippen LogP contribution in [0.2, 0.25) is 0 Å². The average molecular weight is 415 g/mol. The minimum Gasteiger partial charge on any atom is -0.361 e. The second kappa shape index (κ2) is 8.53. The van der Waals surface area contributed by atoms with Gasteiger partial charge in [-0.2, -0.15) is 0 Å². The van der Waals surface area contributed by atoms with E-state index in [1.807, 2.05) is 59.8 Å². The molecule has 2 aliphatic heterocycles. The van der Waals surface area contributed by atoms with E-state index in [4.69, 9.17) is 4.74 Å². The molecule has 0 saturated carbocycles. The zero-order chi connectivity index (χ0) is 21.1. The second-order valence-electron chi connectivity index (χ2n) is 8.16. The fourth-order valence-corrected chi connectivity index (χ4v) is 4.71. The monoisotopic (exact) mass is 415 g/mol. The van der Waals surface area contributed by atoms with E-state index in [9.17, 15) is 4.79 Å². The van der Waals surface area contributed by atoms with Crippen molar-refractivity contribution in [1.29, 1.82) is 0 Å². The van der Waals surface area contributed by atoms with Crippen LogP contribution in [-0.4, -0.2) is 62.5 Å². The molecule has 31 heavy (non-hydrogen) atoms. The molecule has 5 rings (SSSR count). The van der Waals surface area contributed by atoms with Crippen LogP contribution in [0.4, 0.5) is 0 Å². The Morgan fingerprint density at radius 2 is 1.87 bits per heavy atom. The van der Waals surface area contributed by atoms with Crippen LogP contribution in [-0.2, 0) is 22.6 Å². The SMILES string of the molecule is O=C1N(Cc2cccnc2)CCO[C@]12CN(Cc1ccccn1)C[C@@H]2c1cccnc1. The van der Waals surface area contributed by atoms with E-state index in [1.54, 1.807) is 18.6 Å². The summed E-state index contributed by atoms with van der Waals surface area (Å²) >= 11 is 0. The third kappa shape index (κ3) is 3.94. The number of rotatable bonds is 5. The summed E-state index contributed by atoms with van der Waals surface area (Å²) in [6.45, 7) is 3.56. The number of ether oxygens (including phenoxy) is 1. The van der Waals surface area contributed by atoms with Crippen molar-refractivity contribution in [3.8, 4) is 0 Å². The lowest BCUT2D eigenvalue weighted by Gasteiger charge is -2.42. The molecular weight excluding hydrogens is 390 g/mol. The molecule has 2 fully saturated rings. The highest BCUT2D eigenvalue weighted by Gasteiger charge is 2.57. The van der Waals surface area contributed by atoms with E-state index in [2.05, 4.69) is 19.9 Å². The fourth-order valence-electron chi connectivity index (χ4n) is 4.71. The molecule has 0 N–H and O–H groups in total. The molecule has 1 spiro atoms. The Bertz CT molecular complexity index is 1020. The van der Waals surface area contributed by atoms with E-state index in [-0.39, 0.29) is 11.8 Å².